The number of hydrogen-bond acceptors (Lipinski definition) is 3. The van der Waals surface area contributed by atoms with Gasteiger partial charge in [-0.05, 0) is 61.2 Å². The lowest BCUT2D eigenvalue weighted by Gasteiger charge is -2.57. The maximum atomic E-state index is 12.5. The minimum absolute atomic E-state index is 0.0692. The number of epoxide rings is 1. The molecule has 0 aromatic carbocycles. The largest absolute Gasteiger partial charge is 0.365 e. The van der Waals surface area contributed by atoms with Crippen LogP contribution in [0.25, 0.3) is 0 Å². The molecule has 5 rings (SSSR count). The fraction of sp³-hybridized carbons (Fsp3) is 0.700. The van der Waals surface area contributed by atoms with Crippen molar-refractivity contribution >= 4 is 11.6 Å². The lowest BCUT2D eigenvalue weighted by molar-refractivity contribution is -0.132. The Labute approximate surface area is 137 Å². The molecule has 4 fully saturated rings. The second kappa shape index (κ2) is 4.05. The summed E-state index contributed by atoms with van der Waals surface area (Å²) in [5, 5.41) is 0. The Kier molecular flexibility index (Phi) is 2.49. The van der Waals surface area contributed by atoms with Gasteiger partial charge in [-0.1, -0.05) is 19.9 Å². The summed E-state index contributed by atoms with van der Waals surface area (Å²) in [6.07, 6.45) is 10.6. The summed E-state index contributed by atoms with van der Waals surface area (Å²) in [5.74, 6) is 2.16. The Morgan fingerprint density at radius 1 is 1.17 bits per heavy atom. The number of ether oxygens (including phenoxy) is 1. The van der Waals surface area contributed by atoms with E-state index in [0.717, 1.165) is 38.7 Å². The van der Waals surface area contributed by atoms with E-state index in [0.29, 0.717) is 23.5 Å². The molecule has 3 saturated carbocycles. The quantitative estimate of drug-likeness (QED) is 0.645. The van der Waals surface area contributed by atoms with Crippen molar-refractivity contribution < 1.29 is 14.3 Å². The van der Waals surface area contributed by atoms with Gasteiger partial charge in [-0.15, -0.1) is 0 Å². The number of carbonyl (C=O) groups is 2. The number of Topliss-reactive ketones (excluding diaryl/α,β-unsaturated/α-hetero) is 1. The first kappa shape index (κ1) is 14.2. The van der Waals surface area contributed by atoms with Gasteiger partial charge in [-0.2, -0.15) is 0 Å². The lowest BCUT2D eigenvalue weighted by Crippen LogP contribution is -2.54. The van der Waals surface area contributed by atoms with Crippen LogP contribution in [0.5, 0.6) is 0 Å². The third-order valence-electron chi connectivity index (χ3n) is 7.93. The monoisotopic (exact) mass is 312 g/mol. The predicted molar refractivity (Wildman–Crippen MR) is 85.7 cm³/mol. The lowest BCUT2D eigenvalue weighted by atomic mass is 9.46. The first-order valence-electron chi connectivity index (χ1n) is 9.02. The SMILES string of the molecule is C[C@]12C=CC(=O)C=C1C1(CO1)C[C@@H]1[C@@H]2CC[C@]2(C)C(=O)CC[C@@H]12. The first-order valence-corrected chi connectivity index (χ1v) is 9.02. The molecule has 5 aliphatic rings. The van der Waals surface area contributed by atoms with Gasteiger partial charge in [0.25, 0.3) is 0 Å². The van der Waals surface area contributed by atoms with Gasteiger partial charge >= 0.3 is 0 Å². The highest BCUT2D eigenvalue weighted by atomic mass is 16.6. The standard InChI is InChI=1S/C20H24O3/c1-18-7-5-12(21)9-16(18)20(11-23-20)10-13-14-3-4-17(22)19(14,2)8-6-15(13)18/h5,7,9,13-15H,3-4,6,8,10-11H2,1-2H3/t13-,14-,15-,18+,19-,20?/m0/s1. The maximum Gasteiger partial charge on any atom is 0.178 e. The summed E-state index contributed by atoms with van der Waals surface area (Å²) in [7, 11) is 0. The Morgan fingerprint density at radius 3 is 2.70 bits per heavy atom. The Balaban J connectivity index is 1.61. The molecule has 0 aromatic rings. The van der Waals surface area contributed by atoms with Crippen molar-refractivity contribution in [2.45, 2.75) is 51.6 Å². The van der Waals surface area contributed by atoms with Gasteiger partial charge in [0, 0.05) is 17.3 Å². The van der Waals surface area contributed by atoms with E-state index < -0.39 is 0 Å². The summed E-state index contributed by atoms with van der Waals surface area (Å²) in [4.78, 5) is 24.4. The molecule has 0 radical (unpaired) electrons. The van der Waals surface area contributed by atoms with E-state index in [1.807, 2.05) is 6.08 Å². The number of allylic oxidation sites excluding steroid dienone is 3. The molecule has 0 N–H and O–H groups in total. The van der Waals surface area contributed by atoms with Crippen LogP contribution >= 0.6 is 0 Å². The maximum absolute atomic E-state index is 12.5. The molecule has 1 heterocycles. The van der Waals surface area contributed by atoms with Crippen molar-refractivity contribution in [3.05, 3.63) is 23.8 Å². The van der Waals surface area contributed by atoms with Crippen LogP contribution in [-0.4, -0.2) is 23.8 Å². The zero-order valence-corrected chi connectivity index (χ0v) is 13.9. The van der Waals surface area contributed by atoms with Gasteiger partial charge in [0.2, 0.25) is 0 Å². The molecule has 1 spiro atoms. The second-order valence-electron chi connectivity index (χ2n) is 8.86. The van der Waals surface area contributed by atoms with Crippen LogP contribution in [-0.2, 0) is 14.3 Å². The Bertz CT molecular complexity index is 683. The summed E-state index contributed by atoms with van der Waals surface area (Å²) in [5.41, 5.74) is 0.829. The van der Waals surface area contributed by atoms with Gasteiger partial charge in [0.1, 0.15) is 11.4 Å². The highest BCUT2D eigenvalue weighted by Gasteiger charge is 2.67. The molecule has 23 heavy (non-hydrogen) atoms. The van der Waals surface area contributed by atoms with E-state index in [1.54, 1.807) is 6.08 Å². The molecule has 1 aliphatic heterocycles. The van der Waals surface area contributed by atoms with E-state index in [-0.39, 0.29) is 22.2 Å². The smallest absolute Gasteiger partial charge is 0.178 e. The molecule has 6 atom stereocenters. The Hall–Kier alpha value is -1.22. The van der Waals surface area contributed by atoms with E-state index in [4.69, 9.17) is 4.74 Å². The highest BCUT2D eigenvalue weighted by molar-refractivity contribution is 6.01. The molecule has 0 amide bonds. The molecule has 0 aromatic heterocycles. The average molecular weight is 312 g/mol. The van der Waals surface area contributed by atoms with Gasteiger partial charge < -0.3 is 4.74 Å². The van der Waals surface area contributed by atoms with Crippen molar-refractivity contribution in [2.24, 2.45) is 28.6 Å². The fourth-order valence-corrected chi connectivity index (χ4v) is 6.58. The molecule has 0 bridgehead atoms. The van der Waals surface area contributed by atoms with E-state index in [9.17, 15) is 9.59 Å². The molecular formula is C20H24O3. The van der Waals surface area contributed by atoms with Crippen LogP contribution in [0.3, 0.4) is 0 Å². The second-order valence-corrected chi connectivity index (χ2v) is 8.86. The van der Waals surface area contributed by atoms with Crippen molar-refractivity contribution in [1.29, 1.82) is 0 Å². The molecule has 4 aliphatic carbocycles. The van der Waals surface area contributed by atoms with Crippen molar-refractivity contribution in [3.8, 4) is 0 Å². The van der Waals surface area contributed by atoms with E-state index in [2.05, 4.69) is 19.9 Å². The van der Waals surface area contributed by atoms with Crippen LogP contribution < -0.4 is 0 Å². The number of fused-ring (bicyclic) bond motifs is 6. The first-order chi connectivity index (χ1) is 10.9. The number of ketones is 2. The van der Waals surface area contributed by atoms with Crippen molar-refractivity contribution in [2.75, 3.05) is 6.61 Å². The summed E-state index contributed by atoms with van der Waals surface area (Å²) >= 11 is 0. The number of rotatable bonds is 0. The zero-order chi connectivity index (χ0) is 16.0. The van der Waals surface area contributed by atoms with Gasteiger partial charge in [-0.25, -0.2) is 0 Å². The average Bonchev–Trinajstić information content (AvgIpc) is 3.21. The van der Waals surface area contributed by atoms with Crippen LogP contribution in [0, 0.1) is 28.6 Å². The minimum Gasteiger partial charge on any atom is -0.365 e. The summed E-state index contributed by atoms with van der Waals surface area (Å²) in [6.45, 7) is 5.25. The third kappa shape index (κ3) is 1.60. The third-order valence-corrected chi connectivity index (χ3v) is 7.93. The topological polar surface area (TPSA) is 46.7 Å². The summed E-state index contributed by atoms with van der Waals surface area (Å²) in [6, 6.07) is 0. The predicted octanol–water partition coefficient (Wildman–Crippen LogP) is 3.24. The number of hydrogen-bond donors (Lipinski definition) is 0. The summed E-state index contributed by atoms with van der Waals surface area (Å²) < 4.78 is 5.94. The molecule has 3 nitrogen and oxygen atoms in total. The molecule has 122 valence electrons. The number of carbonyl (C=O) groups excluding carboxylic acids is 2. The minimum atomic E-state index is -0.208. The van der Waals surface area contributed by atoms with Gasteiger partial charge in [-0.3, -0.25) is 9.59 Å². The molecular weight excluding hydrogens is 288 g/mol. The molecule has 1 saturated heterocycles. The van der Waals surface area contributed by atoms with Crippen LogP contribution in [0.2, 0.25) is 0 Å². The van der Waals surface area contributed by atoms with Crippen molar-refractivity contribution in [3.63, 3.8) is 0 Å². The molecule has 1 unspecified atom stereocenters. The van der Waals surface area contributed by atoms with Crippen LogP contribution in [0.1, 0.15) is 46.0 Å². The van der Waals surface area contributed by atoms with Gasteiger partial charge in [0.05, 0.1) is 6.61 Å². The van der Waals surface area contributed by atoms with Crippen molar-refractivity contribution in [1.82, 2.24) is 0 Å². The van der Waals surface area contributed by atoms with Crippen LogP contribution in [0.4, 0.5) is 0 Å². The highest BCUT2D eigenvalue weighted by Crippen LogP contribution is 2.68. The van der Waals surface area contributed by atoms with Crippen LogP contribution in [0.15, 0.2) is 23.8 Å². The normalized spacial score (nSPS) is 53.7. The van der Waals surface area contributed by atoms with E-state index >= 15 is 0 Å². The molecule has 3 heteroatoms. The zero-order valence-electron chi connectivity index (χ0n) is 13.9. The fourth-order valence-electron chi connectivity index (χ4n) is 6.58. The van der Waals surface area contributed by atoms with Gasteiger partial charge in [0.15, 0.2) is 5.78 Å². The van der Waals surface area contributed by atoms with E-state index in [1.165, 1.54) is 5.57 Å². The Morgan fingerprint density at radius 2 is 1.96 bits per heavy atom.